The molecule has 0 saturated carbocycles. The highest BCUT2D eigenvalue weighted by molar-refractivity contribution is 6.05. The monoisotopic (exact) mass is 315 g/mol. The van der Waals surface area contributed by atoms with Crippen LogP contribution in [0.25, 0.3) is 0 Å². The van der Waals surface area contributed by atoms with E-state index in [0.29, 0.717) is 16.8 Å². The first-order valence-corrected chi connectivity index (χ1v) is 7.31. The minimum absolute atomic E-state index is 0.206. The number of hydrogen-bond acceptors (Lipinski definition) is 3. The molecule has 0 aliphatic carbocycles. The van der Waals surface area contributed by atoms with Crippen LogP contribution in [0.2, 0.25) is 0 Å². The van der Waals surface area contributed by atoms with E-state index in [1.165, 1.54) is 6.07 Å². The predicted molar refractivity (Wildman–Crippen MR) is 88.1 cm³/mol. The molecule has 0 bridgehead atoms. The summed E-state index contributed by atoms with van der Waals surface area (Å²) in [7, 11) is 0. The van der Waals surface area contributed by atoms with Crippen LogP contribution in [0.5, 0.6) is 0 Å². The first kappa shape index (κ1) is 16.7. The first-order valence-electron chi connectivity index (χ1n) is 7.31. The molecule has 1 amide bonds. The van der Waals surface area contributed by atoms with Gasteiger partial charge in [-0.1, -0.05) is 0 Å². The summed E-state index contributed by atoms with van der Waals surface area (Å²) in [6, 6.07) is 4.71. The van der Waals surface area contributed by atoms with Crippen LogP contribution < -0.4 is 5.32 Å². The van der Waals surface area contributed by atoms with E-state index in [1.807, 2.05) is 27.7 Å². The third kappa shape index (κ3) is 3.41. The molecule has 0 radical (unpaired) electrons. The fourth-order valence-electron chi connectivity index (χ4n) is 2.49. The molecule has 2 N–H and O–H groups in total. The van der Waals surface area contributed by atoms with Crippen LogP contribution in [0.1, 0.15) is 52.7 Å². The standard InChI is InChI=1S/C17H21N3O3/c1-10-8-12(6-7-13(10)16(22)23)19-15(21)14-9-18-20(11(14)2)17(3,4)5/h6-9H,1-5H3,(H,19,21)(H,22,23). The Morgan fingerprint density at radius 1 is 1.17 bits per heavy atom. The van der Waals surface area contributed by atoms with Crippen molar-refractivity contribution in [1.82, 2.24) is 9.78 Å². The number of carbonyl (C=O) groups excluding carboxylic acids is 1. The summed E-state index contributed by atoms with van der Waals surface area (Å²) in [4.78, 5) is 23.4. The van der Waals surface area contributed by atoms with Gasteiger partial charge in [-0.2, -0.15) is 5.10 Å². The number of nitrogens with zero attached hydrogens (tertiary/aromatic N) is 2. The van der Waals surface area contributed by atoms with Gasteiger partial charge in [0, 0.05) is 11.4 Å². The van der Waals surface area contributed by atoms with Crippen molar-refractivity contribution in [2.24, 2.45) is 0 Å². The van der Waals surface area contributed by atoms with Gasteiger partial charge in [-0.15, -0.1) is 0 Å². The van der Waals surface area contributed by atoms with E-state index in [9.17, 15) is 9.59 Å². The zero-order valence-electron chi connectivity index (χ0n) is 14.0. The van der Waals surface area contributed by atoms with Crippen molar-refractivity contribution in [3.63, 3.8) is 0 Å². The van der Waals surface area contributed by atoms with Gasteiger partial charge >= 0.3 is 5.97 Å². The molecule has 0 fully saturated rings. The van der Waals surface area contributed by atoms with Crippen molar-refractivity contribution in [1.29, 1.82) is 0 Å². The number of carboxylic acid groups (broad SMARTS) is 1. The molecular weight excluding hydrogens is 294 g/mol. The quantitative estimate of drug-likeness (QED) is 0.911. The Morgan fingerprint density at radius 2 is 1.83 bits per heavy atom. The van der Waals surface area contributed by atoms with Crippen LogP contribution in [0, 0.1) is 13.8 Å². The highest BCUT2D eigenvalue weighted by Gasteiger charge is 2.21. The van der Waals surface area contributed by atoms with Gasteiger partial charge in [0.1, 0.15) is 0 Å². The lowest BCUT2D eigenvalue weighted by atomic mass is 10.1. The normalized spacial score (nSPS) is 11.3. The van der Waals surface area contributed by atoms with Gasteiger partial charge in [0.05, 0.1) is 22.9 Å². The maximum absolute atomic E-state index is 12.4. The van der Waals surface area contributed by atoms with E-state index >= 15 is 0 Å². The van der Waals surface area contributed by atoms with Crippen molar-refractivity contribution in [2.45, 2.75) is 40.2 Å². The number of benzene rings is 1. The highest BCUT2D eigenvalue weighted by atomic mass is 16.4. The summed E-state index contributed by atoms with van der Waals surface area (Å²) in [5, 5.41) is 16.1. The fourth-order valence-corrected chi connectivity index (χ4v) is 2.49. The largest absolute Gasteiger partial charge is 0.478 e. The molecular formula is C17H21N3O3. The molecule has 6 nitrogen and oxygen atoms in total. The Labute approximate surface area is 135 Å². The number of nitrogens with one attached hydrogen (secondary N) is 1. The average Bonchev–Trinajstić information content (AvgIpc) is 2.80. The SMILES string of the molecule is Cc1cc(NC(=O)c2cnn(C(C)(C)C)c2C)ccc1C(=O)O. The van der Waals surface area contributed by atoms with Crippen LogP contribution in [-0.4, -0.2) is 26.8 Å². The Kier molecular flexibility index (Phi) is 4.27. The number of hydrogen-bond donors (Lipinski definition) is 2. The lowest BCUT2D eigenvalue weighted by Gasteiger charge is -2.21. The van der Waals surface area contributed by atoms with Crippen molar-refractivity contribution in [2.75, 3.05) is 5.32 Å². The molecule has 1 aromatic carbocycles. The van der Waals surface area contributed by atoms with E-state index < -0.39 is 5.97 Å². The summed E-state index contributed by atoms with van der Waals surface area (Å²) in [5.74, 6) is -1.25. The summed E-state index contributed by atoms with van der Waals surface area (Å²) >= 11 is 0. The lowest BCUT2D eigenvalue weighted by molar-refractivity contribution is 0.0696. The second-order valence-electron chi connectivity index (χ2n) is 6.52. The van der Waals surface area contributed by atoms with E-state index in [1.54, 1.807) is 29.9 Å². The zero-order chi connectivity index (χ0) is 17.4. The minimum Gasteiger partial charge on any atom is -0.478 e. The minimum atomic E-state index is -0.984. The summed E-state index contributed by atoms with van der Waals surface area (Å²) in [6.07, 6.45) is 1.55. The van der Waals surface area contributed by atoms with E-state index in [4.69, 9.17) is 5.11 Å². The molecule has 1 aromatic heterocycles. The van der Waals surface area contributed by atoms with Crippen LogP contribution in [0.15, 0.2) is 24.4 Å². The molecule has 6 heteroatoms. The van der Waals surface area contributed by atoms with Gasteiger partial charge in [0.15, 0.2) is 0 Å². The van der Waals surface area contributed by atoms with Crippen molar-refractivity contribution in [3.05, 3.63) is 46.8 Å². The summed E-state index contributed by atoms with van der Waals surface area (Å²) < 4.78 is 1.81. The summed E-state index contributed by atoms with van der Waals surface area (Å²) in [5.41, 5.74) is 2.45. The van der Waals surface area contributed by atoms with Crippen LogP contribution in [0.4, 0.5) is 5.69 Å². The average molecular weight is 315 g/mol. The Hall–Kier alpha value is -2.63. The third-order valence-electron chi connectivity index (χ3n) is 3.60. The first-order chi connectivity index (χ1) is 10.6. The van der Waals surface area contributed by atoms with Gasteiger partial charge in [0.2, 0.25) is 0 Å². The number of aryl methyl sites for hydroxylation is 1. The topological polar surface area (TPSA) is 84.2 Å². The Balaban J connectivity index is 2.25. The number of carbonyl (C=O) groups is 2. The molecule has 0 atom stereocenters. The van der Waals surface area contributed by atoms with Crippen LogP contribution >= 0.6 is 0 Å². The molecule has 2 aromatic rings. The van der Waals surface area contributed by atoms with Gasteiger partial charge in [0.25, 0.3) is 5.91 Å². The number of amides is 1. The van der Waals surface area contributed by atoms with Crippen molar-refractivity contribution >= 4 is 17.6 Å². The number of rotatable bonds is 3. The number of carboxylic acids is 1. The molecule has 0 saturated heterocycles. The molecule has 2 rings (SSSR count). The Morgan fingerprint density at radius 3 is 2.30 bits per heavy atom. The molecule has 122 valence electrons. The van der Waals surface area contributed by atoms with E-state index in [2.05, 4.69) is 10.4 Å². The molecule has 0 aliphatic rings. The van der Waals surface area contributed by atoms with Gasteiger partial charge in [-0.3, -0.25) is 9.48 Å². The van der Waals surface area contributed by atoms with Crippen LogP contribution in [0.3, 0.4) is 0 Å². The van der Waals surface area contributed by atoms with Gasteiger partial charge in [-0.05, 0) is 58.4 Å². The number of aromatic nitrogens is 2. The molecule has 0 aliphatic heterocycles. The summed E-state index contributed by atoms with van der Waals surface area (Å²) in [6.45, 7) is 9.60. The smallest absolute Gasteiger partial charge is 0.335 e. The van der Waals surface area contributed by atoms with E-state index in [-0.39, 0.29) is 17.0 Å². The van der Waals surface area contributed by atoms with Crippen molar-refractivity contribution in [3.8, 4) is 0 Å². The zero-order valence-corrected chi connectivity index (χ0v) is 14.0. The fraction of sp³-hybridized carbons (Fsp3) is 0.353. The van der Waals surface area contributed by atoms with Crippen LogP contribution in [-0.2, 0) is 5.54 Å². The lowest BCUT2D eigenvalue weighted by Crippen LogP contribution is -2.25. The molecule has 0 spiro atoms. The second kappa shape index (κ2) is 5.87. The maximum atomic E-state index is 12.4. The second-order valence-corrected chi connectivity index (χ2v) is 6.52. The molecule has 0 unspecified atom stereocenters. The molecule has 23 heavy (non-hydrogen) atoms. The predicted octanol–water partition coefficient (Wildman–Crippen LogP) is 3.21. The third-order valence-corrected chi connectivity index (χ3v) is 3.60. The highest BCUT2D eigenvalue weighted by Crippen LogP contribution is 2.20. The number of anilines is 1. The van der Waals surface area contributed by atoms with Gasteiger partial charge in [-0.25, -0.2) is 4.79 Å². The number of aromatic carboxylic acids is 1. The molecule has 1 heterocycles. The van der Waals surface area contributed by atoms with E-state index in [0.717, 1.165) is 5.69 Å². The maximum Gasteiger partial charge on any atom is 0.335 e. The Bertz CT molecular complexity index is 770. The van der Waals surface area contributed by atoms with Crippen molar-refractivity contribution < 1.29 is 14.7 Å². The van der Waals surface area contributed by atoms with Gasteiger partial charge < -0.3 is 10.4 Å².